The number of carboxylic acid groups (broad SMARTS) is 2. The average Bonchev–Trinajstić information content (AvgIpc) is 2.75. The molecule has 0 radical (unpaired) electrons. The first-order chi connectivity index (χ1) is 15.7. The predicted octanol–water partition coefficient (Wildman–Crippen LogP) is -1.59. The van der Waals surface area contributed by atoms with Crippen LogP contribution in [0.5, 0.6) is 0 Å². The minimum atomic E-state index is -1.39. The van der Waals surface area contributed by atoms with Crippen molar-refractivity contribution in [3.63, 3.8) is 0 Å². The summed E-state index contributed by atoms with van der Waals surface area (Å²) in [7, 11) is 1.78. The fourth-order valence-corrected chi connectivity index (χ4v) is 3.41. The molecule has 0 aliphatic carbocycles. The summed E-state index contributed by atoms with van der Waals surface area (Å²) < 4.78 is 0. The summed E-state index contributed by atoms with van der Waals surface area (Å²) >= 11 is 0. The lowest BCUT2D eigenvalue weighted by atomic mass is 10.1. The van der Waals surface area contributed by atoms with E-state index in [2.05, 4.69) is 25.9 Å². The molecule has 2 heterocycles. The van der Waals surface area contributed by atoms with Crippen molar-refractivity contribution in [3.05, 3.63) is 40.2 Å². The van der Waals surface area contributed by atoms with Gasteiger partial charge in [0.05, 0.1) is 6.04 Å². The van der Waals surface area contributed by atoms with Crippen molar-refractivity contribution in [2.45, 2.75) is 24.9 Å². The minimum absolute atomic E-state index is 0.0360. The highest BCUT2D eigenvalue weighted by Crippen LogP contribution is 2.25. The van der Waals surface area contributed by atoms with Crippen molar-refractivity contribution in [1.82, 2.24) is 15.3 Å². The highest BCUT2D eigenvalue weighted by atomic mass is 16.4. The summed E-state index contributed by atoms with van der Waals surface area (Å²) in [6, 6.07) is 4.94. The molecule has 3 rings (SSSR count). The Bertz CT molecular complexity index is 1100. The largest absolute Gasteiger partial charge is 0.550 e. The minimum Gasteiger partial charge on any atom is -0.550 e. The summed E-state index contributed by atoms with van der Waals surface area (Å²) in [6.07, 6.45) is -0.759. The third-order valence-corrected chi connectivity index (χ3v) is 5.25. The zero-order chi connectivity index (χ0) is 24.1. The number of rotatable bonds is 9. The van der Waals surface area contributed by atoms with Crippen LogP contribution in [-0.2, 0) is 9.59 Å². The van der Waals surface area contributed by atoms with Crippen molar-refractivity contribution in [1.29, 1.82) is 0 Å². The van der Waals surface area contributed by atoms with Crippen LogP contribution >= 0.6 is 0 Å². The van der Waals surface area contributed by atoms with E-state index < -0.39 is 30.3 Å². The maximum Gasteiger partial charge on any atom is 0.326 e. The van der Waals surface area contributed by atoms with E-state index in [1.807, 2.05) is 4.90 Å². The van der Waals surface area contributed by atoms with Crippen LogP contribution in [0.25, 0.3) is 0 Å². The molecular formula is C20H24N7O6-. The number of carbonyl (C=O) groups excluding carboxylic acids is 2. The molecule has 13 heteroatoms. The zero-order valence-electron chi connectivity index (χ0n) is 17.8. The molecular weight excluding hydrogens is 434 g/mol. The van der Waals surface area contributed by atoms with Gasteiger partial charge in [-0.1, -0.05) is 0 Å². The van der Waals surface area contributed by atoms with Gasteiger partial charge in [-0.05, 0) is 37.1 Å². The fraction of sp³-hybridized carbons (Fsp3) is 0.350. The van der Waals surface area contributed by atoms with Gasteiger partial charge in [0.15, 0.2) is 5.82 Å². The first kappa shape index (κ1) is 23.4. The van der Waals surface area contributed by atoms with Crippen LogP contribution in [-0.4, -0.2) is 65.1 Å². The number of hydrogen-bond donors (Lipinski definition) is 6. The number of anilines is 4. The van der Waals surface area contributed by atoms with Gasteiger partial charge >= 0.3 is 5.97 Å². The van der Waals surface area contributed by atoms with E-state index in [4.69, 9.17) is 10.8 Å². The molecule has 2 aromatic rings. The number of nitrogen functional groups attached to an aromatic ring is 1. The van der Waals surface area contributed by atoms with Crippen LogP contribution in [0.2, 0.25) is 0 Å². The number of hydrogen-bond acceptors (Lipinski definition) is 10. The first-order valence-corrected chi connectivity index (χ1v) is 10.1. The van der Waals surface area contributed by atoms with Crippen molar-refractivity contribution in [2.75, 3.05) is 41.4 Å². The monoisotopic (exact) mass is 458 g/mol. The second kappa shape index (κ2) is 9.89. The molecule has 176 valence electrons. The van der Waals surface area contributed by atoms with Gasteiger partial charge in [0.1, 0.15) is 11.7 Å². The van der Waals surface area contributed by atoms with Crippen molar-refractivity contribution in [3.8, 4) is 0 Å². The number of aromatic amines is 1. The van der Waals surface area contributed by atoms with E-state index in [-0.39, 0.29) is 29.5 Å². The quantitative estimate of drug-likeness (QED) is 0.252. The molecule has 1 unspecified atom stereocenters. The second-order valence-corrected chi connectivity index (χ2v) is 7.53. The van der Waals surface area contributed by atoms with Crippen LogP contribution in [0.1, 0.15) is 23.2 Å². The number of aliphatic carboxylic acids is 2. The number of carboxylic acids is 2. The molecule has 0 bridgehead atoms. The van der Waals surface area contributed by atoms with Gasteiger partial charge in [-0.3, -0.25) is 14.6 Å². The standard InChI is InChI=1S/C20H25N7O6/c1-27-12(9-23-16-15(27)18(31)26-20(21)25-16)8-22-11-4-2-10(3-5-11)17(30)24-13(19(32)33)6-7-14(28)29/h2-5,12-13,22H,6-9H2,1H3,(H,24,30)(H,28,29)(H,32,33)(H4,21,23,25,26,31)/p-1/t12-,13?/m0/s1. The zero-order valence-corrected chi connectivity index (χ0v) is 17.8. The molecule has 1 amide bonds. The lowest BCUT2D eigenvalue weighted by Crippen LogP contribution is -2.48. The number of nitrogens with two attached hydrogens (primary N) is 1. The van der Waals surface area contributed by atoms with Gasteiger partial charge in [0.25, 0.3) is 11.5 Å². The summed E-state index contributed by atoms with van der Waals surface area (Å²) in [5.74, 6) is -2.89. The predicted molar refractivity (Wildman–Crippen MR) is 118 cm³/mol. The number of amides is 1. The number of nitrogens with one attached hydrogen (secondary N) is 4. The third-order valence-electron chi connectivity index (χ3n) is 5.25. The van der Waals surface area contributed by atoms with E-state index in [1.165, 1.54) is 12.1 Å². The van der Waals surface area contributed by atoms with Crippen LogP contribution in [0.3, 0.4) is 0 Å². The molecule has 13 nitrogen and oxygen atoms in total. The van der Waals surface area contributed by atoms with E-state index in [9.17, 15) is 24.3 Å². The van der Waals surface area contributed by atoms with Crippen molar-refractivity contribution >= 4 is 41.0 Å². The van der Waals surface area contributed by atoms with Crippen LogP contribution in [0.4, 0.5) is 23.1 Å². The number of benzene rings is 1. The van der Waals surface area contributed by atoms with E-state index >= 15 is 0 Å². The Morgan fingerprint density at radius 1 is 1.33 bits per heavy atom. The first-order valence-electron chi connectivity index (χ1n) is 10.1. The lowest BCUT2D eigenvalue weighted by molar-refractivity contribution is -0.305. The number of carbonyl (C=O) groups is 3. The number of aromatic nitrogens is 2. The summed E-state index contributed by atoms with van der Waals surface area (Å²) in [6.45, 7) is 0.998. The van der Waals surface area contributed by atoms with E-state index in [0.717, 1.165) is 0 Å². The summed E-state index contributed by atoms with van der Waals surface area (Å²) in [5, 5.41) is 28.3. The summed E-state index contributed by atoms with van der Waals surface area (Å²) in [4.78, 5) is 54.7. The topological polar surface area (TPSA) is 206 Å². The summed E-state index contributed by atoms with van der Waals surface area (Å²) in [5.41, 5.74) is 6.56. The molecule has 2 atom stereocenters. The third kappa shape index (κ3) is 5.70. The molecule has 0 fully saturated rings. The van der Waals surface area contributed by atoms with Crippen LogP contribution in [0.15, 0.2) is 29.1 Å². The Kier molecular flexibility index (Phi) is 7.00. The van der Waals surface area contributed by atoms with Crippen LogP contribution < -0.4 is 37.2 Å². The Morgan fingerprint density at radius 3 is 2.67 bits per heavy atom. The number of H-pyrrole nitrogens is 1. The maximum absolute atomic E-state index is 12.3. The normalized spacial score (nSPS) is 15.7. The molecule has 0 spiro atoms. The molecule has 0 saturated carbocycles. The Hall–Kier alpha value is -4.29. The van der Waals surface area contributed by atoms with Gasteiger partial charge in [-0.2, -0.15) is 4.98 Å². The SMILES string of the molecule is CN1c2c(nc(N)[nH]c2=O)NC[C@@H]1CNc1ccc(C(=O)NC(CCC(=O)[O-])C(=O)O)cc1. The average molecular weight is 458 g/mol. The van der Waals surface area contributed by atoms with Gasteiger partial charge in [-0.25, -0.2) is 4.79 Å². The molecule has 33 heavy (non-hydrogen) atoms. The van der Waals surface area contributed by atoms with E-state index in [0.29, 0.717) is 30.3 Å². The molecule has 1 aliphatic rings. The lowest BCUT2D eigenvalue weighted by Gasteiger charge is -2.35. The van der Waals surface area contributed by atoms with Crippen molar-refractivity contribution in [2.24, 2.45) is 0 Å². The molecule has 7 N–H and O–H groups in total. The fourth-order valence-electron chi connectivity index (χ4n) is 3.41. The second-order valence-electron chi connectivity index (χ2n) is 7.53. The Balaban J connectivity index is 1.58. The highest BCUT2D eigenvalue weighted by molar-refractivity contribution is 5.96. The number of fused-ring (bicyclic) bond motifs is 1. The van der Waals surface area contributed by atoms with Crippen molar-refractivity contribution < 1.29 is 24.6 Å². The molecule has 0 saturated heterocycles. The Morgan fingerprint density at radius 2 is 2.03 bits per heavy atom. The van der Waals surface area contributed by atoms with Crippen LogP contribution in [0, 0.1) is 0 Å². The van der Waals surface area contributed by atoms with E-state index in [1.54, 1.807) is 19.2 Å². The number of likely N-dealkylation sites (N-methyl/N-ethyl adjacent to an activating group) is 1. The van der Waals surface area contributed by atoms with Gasteiger partial charge in [0, 0.05) is 37.4 Å². The number of nitrogens with zero attached hydrogens (tertiary/aromatic N) is 2. The Labute approximate surface area is 188 Å². The smallest absolute Gasteiger partial charge is 0.326 e. The maximum atomic E-state index is 12.3. The van der Waals surface area contributed by atoms with Gasteiger partial charge in [-0.15, -0.1) is 0 Å². The molecule has 1 aromatic carbocycles. The molecule has 1 aliphatic heterocycles. The molecule has 1 aromatic heterocycles. The highest BCUT2D eigenvalue weighted by Gasteiger charge is 2.27. The van der Waals surface area contributed by atoms with Gasteiger partial charge < -0.3 is 41.6 Å². The van der Waals surface area contributed by atoms with Gasteiger partial charge in [0.2, 0.25) is 5.95 Å².